The topological polar surface area (TPSA) is 65.9 Å². The first-order valence-corrected chi connectivity index (χ1v) is 9.51. The van der Waals surface area contributed by atoms with Gasteiger partial charge in [-0.1, -0.05) is 18.2 Å². The van der Waals surface area contributed by atoms with Crippen LogP contribution in [0.15, 0.2) is 47.7 Å². The van der Waals surface area contributed by atoms with Crippen molar-refractivity contribution in [1.29, 1.82) is 0 Å². The van der Waals surface area contributed by atoms with Crippen LogP contribution in [0.5, 0.6) is 5.75 Å². The van der Waals surface area contributed by atoms with Crippen LogP contribution in [0.3, 0.4) is 0 Å². The molecule has 0 radical (unpaired) electrons. The molecule has 1 aliphatic rings. The molecular weight excluding hydrogens is 340 g/mol. The fraction of sp³-hybridized carbons (Fsp3) is 0.450. The molecule has 0 aliphatic carbocycles. The summed E-state index contributed by atoms with van der Waals surface area (Å²) in [6.07, 6.45) is 3.57. The minimum absolute atomic E-state index is 0.567. The van der Waals surface area contributed by atoms with Crippen LogP contribution in [0.25, 0.3) is 0 Å². The van der Waals surface area contributed by atoms with E-state index >= 15 is 0 Å². The summed E-state index contributed by atoms with van der Waals surface area (Å²) in [6.45, 7) is 9.73. The van der Waals surface area contributed by atoms with E-state index in [0.29, 0.717) is 13.2 Å². The molecule has 0 spiro atoms. The number of aromatic nitrogens is 2. The van der Waals surface area contributed by atoms with Gasteiger partial charge in [-0.2, -0.15) is 0 Å². The van der Waals surface area contributed by atoms with Crippen molar-refractivity contribution in [1.82, 2.24) is 20.2 Å². The number of nitrogens with one attached hydrogen (secondary N) is 1. The van der Waals surface area contributed by atoms with Gasteiger partial charge in [-0.15, -0.1) is 0 Å². The maximum Gasteiger partial charge on any atom is 0.225 e. The number of piperazine rings is 1. The molecule has 1 aromatic heterocycles. The molecule has 0 saturated carbocycles. The average molecular weight is 368 g/mol. The van der Waals surface area contributed by atoms with Gasteiger partial charge in [0.2, 0.25) is 5.95 Å². The number of anilines is 1. The number of guanidine groups is 1. The second-order valence-electron chi connectivity index (χ2n) is 6.37. The van der Waals surface area contributed by atoms with Crippen molar-refractivity contribution in [3.05, 3.63) is 48.3 Å². The van der Waals surface area contributed by atoms with Crippen molar-refractivity contribution in [2.75, 3.05) is 50.8 Å². The quantitative estimate of drug-likeness (QED) is 0.478. The molecule has 2 heterocycles. The highest BCUT2D eigenvalue weighted by atomic mass is 16.5. The lowest BCUT2D eigenvalue weighted by molar-refractivity contribution is 0.323. The highest BCUT2D eigenvalue weighted by Gasteiger charge is 2.20. The molecule has 27 heavy (non-hydrogen) atoms. The number of hydrogen-bond acceptors (Lipinski definition) is 5. The number of aryl methyl sites for hydroxylation is 1. The normalized spacial score (nSPS) is 15.0. The Balaban J connectivity index is 1.51. The van der Waals surface area contributed by atoms with Crippen molar-refractivity contribution >= 4 is 11.9 Å². The number of nitrogens with zero attached hydrogens (tertiary/aromatic N) is 5. The van der Waals surface area contributed by atoms with Gasteiger partial charge in [-0.25, -0.2) is 15.0 Å². The van der Waals surface area contributed by atoms with Gasteiger partial charge in [0.05, 0.1) is 6.54 Å². The minimum atomic E-state index is 0.567. The highest BCUT2D eigenvalue weighted by Crippen LogP contribution is 2.15. The molecule has 1 aliphatic heterocycles. The van der Waals surface area contributed by atoms with Gasteiger partial charge in [0.15, 0.2) is 5.96 Å². The monoisotopic (exact) mass is 368 g/mol. The predicted molar refractivity (Wildman–Crippen MR) is 108 cm³/mol. The molecule has 1 saturated heterocycles. The summed E-state index contributed by atoms with van der Waals surface area (Å²) in [4.78, 5) is 17.9. The highest BCUT2D eigenvalue weighted by molar-refractivity contribution is 5.80. The molecule has 1 aromatic carbocycles. The molecule has 1 fully saturated rings. The van der Waals surface area contributed by atoms with E-state index < -0.39 is 0 Å². The van der Waals surface area contributed by atoms with Crippen molar-refractivity contribution < 1.29 is 4.74 Å². The third kappa shape index (κ3) is 5.32. The Bertz CT molecular complexity index is 728. The minimum Gasteiger partial charge on any atom is -0.491 e. The Hall–Kier alpha value is -2.83. The zero-order valence-electron chi connectivity index (χ0n) is 16.1. The molecule has 1 N–H and O–H groups in total. The van der Waals surface area contributed by atoms with Crippen LogP contribution >= 0.6 is 0 Å². The van der Waals surface area contributed by atoms with E-state index in [9.17, 15) is 0 Å². The van der Waals surface area contributed by atoms with Crippen LogP contribution < -0.4 is 15.0 Å². The molecular formula is C20H28N6O. The zero-order valence-corrected chi connectivity index (χ0v) is 16.1. The SMILES string of the molecule is CCNC(=NCCOc1ccccc1C)N1CCN(c2ncccn2)CC1. The lowest BCUT2D eigenvalue weighted by Crippen LogP contribution is -2.53. The van der Waals surface area contributed by atoms with Crippen molar-refractivity contribution in [2.45, 2.75) is 13.8 Å². The second-order valence-corrected chi connectivity index (χ2v) is 6.37. The maximum atomic E-state index is 5.85. The molecule has 0 bridgehead atoms. The van der Waals surface area contributed by atoms with Gasteiger partial charge < -0.3 is 19.9 Å². The van der Waals surface area contributed by atoms with Gasteiger partial charge >= 0.3 is 0 Å². The second kappa shape index (κ2) is 9.75. The summed E-state index contributed by atoms with van der Waals surface area (Å²) in [6, 6.07) is 9.90. The molecule has 2 aromatic rings. The van der Waals surface area contributed by atoms with Crippen molar-refractivity contribution in [3.63, 3.8) is 0 Å². The van der Waals surface area contributed by atoms with Crippen LogP contribution in [0, 0.1) is 6.92 Å². The summed E-state index contributed by atoms with van der Waals surface area (Å²) in [5.41, 5.74) is 1.15. The number of benzene rings is 1. The molecule has 7 nitrogen and oxygen atoms in total. The first kappa shape index (κ1) is 18.9. The average Bonchev–Trinajstić information content (AvgIpc) is 2.72. The molecule has 144 valence electrons. The molecule has 3 rings (SSSR count). The largest absolute Gasteiger partial charge is 0.491 e. The molecule has 0 unspecified atom stereocenters. The van der Waals surface area contributed by atoms with Gasteiger partial charge in [-0.05, 0) is 31.5 Å². The Morgan fingerprint density at radius 1 is 1.11 bits per heavy atom. The smallest absolute Gasteiger partial charge is 0.225 e. The lowest BCUT2D eigenvalue weighted by Gasteiger charge is -2.36. The zero-order chi connectivity index (χ0) is 18.9. The summed E-state index contributed by atoms with van der Waals surface area (Å²) < 4.78 is 5.85. The summed E-state index contributed by atoms with van der Waals surface area (Å²) >= 11 is 0. The molecule has 7 heteroatoms. The van der Waals surface area contributed by atoms with E-state index in [4.69, 9.17) is 9.73 Å². The lowest BCUT2D eigenvalue weighted by atomic mass is 10.2. The van der Waals surface area contributed by atoms with Crippen molar-refractivity contribution in [3.8, 4) is 5.75 Å². The number of rotatable bonds is 6. The Morgan fingerprint density at radius 2 is 1.85 bits per heavy atom. The standard InChI is InChI=1S/C20H28N6O/c1-3-21-19(24-11-16-27-18-8-5-4-7-17(18)2)25-12-14-26(15-13-25)20-22-9-6-10-23-20/h4-10H,3,11-16H2,1-2H3,(H,21,24). The number of aliphatic imine (C=N–C) groups is 1. The van der Waals surface area contributed by atoms with Gasteiger partial charge in [0.1, 0.15) is 12.4 Å². The van der Waals surface area contributed by atoms with Crippen LogP contribution in [0.1, 0.15) is 12.5 Å². The van der Waals surface area contributed by atoms with Crippen LogP contribution in [-0.2, 0) is 0 Å². The Kier molecular flexibility index (Phi) is 6.84. The third-order valence-corrected chi connectivity index (χ3v) is 4.45. The van der Waals surface area contributed by atoms with Crippen LogP contribution in [-0.4, -0.2) is 66.7 Å². The first-order valence-electron chi connectivity index (χ1n) is 9.51. The third-order valence-electron chi connectivity index (χ3n) is 4.45. The van der Waals surface area contributed by atoms with Crippen LogP contribution in [0.2, 0.25) is 0 Å². The number of ether oxygens (including phenoxy) is 1. The van der Waals surface area contributed by atoms with Crippen LogP contribution in [0.4, 0.5) is 5.95 Å². The van der Waals surface area contributed by atoms with Gasteiger partial charge in [0, 0.05) is 45.1 Å². The number of para-hydroxylation sites is 1. The fourth-order valence-corrected chi connectivity index (χ4v) is 3.02. The van der Waals surface area contributed by atoms with Crippen molar-refractivity contribution in [2.24, 2.45) is 4.99 Å². The van der Waals surface area contributed by atoms with Gasteiger partial charge in [0.25, 0.3) is 0 Å². The molecule has 0 atom stereocenters. The Morgan fingerprint density at radius 3 is 2.56 bits per heavy atom. The van der Waals surface area contributed by atoms with E-state index in [2.05, 4.69) is 45.0 Å². The van der Waals surface area contributed by atoms with Gasteiger partial charge in [-0.3, -0.25) is 0 Å². The summed E-state index contributed by atoms with van der Waals surface area (Å²) in [7, 11) is 0. The molecule has 0 amide bonds. The van der Waals surface area contributed by atoms with E-state index in [1.54, 1.807) is 12.4 Å². The predicted octanol–water partition coefficient (Wildman–Crippen LogP) is 1.95. The number of hydrogen-bond donors (Lipinski definition) is 1. The summed E-state index contributed by atoms with van der Waals surface area (Å²) in [5, 5.41) is 3.39. The van der Waals surface area contributed by atoms with E-state index in [0.717, 1.165) is 55.9 Å². The Labute approximate surface area is 161 Å². The summed E-state index contributed by atoms with van der Waals surface area (Å²) in [5.74, 6) is 2.67. The fourth-order valence-electron chi connectivity index (χ4n) is 3.02. The van der Waals surface area contributed by atoms with E-state index in [1.165, 1.54) is 0 Å². The van der Waals surface area contributed by atoms with E-state index in [-0.39, 0.29) is 0 Å². The van der Waals surface area contributed by atoms with E-state index in [1.807, 2.05) is 24.3 Å². The maximum absolute atomic E-state index is 5.85. The first-order chi connectivity index (χ1) is 13.3.